The zero-order valence-electron chi connectivity index (χ0n) is 12.1. The average Bonchev–Trinajstić information content (AvgIpc) is 2.74. The number of rotatable bonds is 4. The zero-order valence-corrected chi connectivity index (χ0v) is 12.9. The van der Waals surface area contributed by atoms with Crippen LogP contribution >= 0.6 is 0 Å². The first-order valence-corrected chi connectivity index (χ1v) is 9.04. The number of carbonyl (C=O) groups is 1. The van der Waals surface area contributed by atoms with Crippen molar-refractivity contribution in [2.75, 3.05) is 31.9 Å². The van der Waals surface area contributed by atoms with Crippen LogP contribution in [0.25, 0.3) is 0 Å². The van der Waals surface area contributed by atoms with Gasteiger partial charge in [0.1, 0.15) is 0 Å². The molecule has 2 N–H and O–H groups in total. The molecular formula is C13H25N3O3S. The number of likely N-dealkylation sites (tertiary alicyclic amines) is 1. The summed E-state index contributed by atoms with van der Waals surface area (Å²) in [5.74, 6) is 0.676. The lowest BCUT2D eigenvalue weighted by atomic mass is 9.90. The van der Waals surface area contributed by atoms with Crippen molar-refractivity contribution in [1.82, 2.24) is 9.21 Å². The molecule has 0 aromatic rings. The van der Waals surface area contributed by atoms with Gasteiger partial charge in [0.05, 0.1) is 5.75 Å². The van der Waals surface area contributed by atoms with Crippen molar-refractivity contribution in [2.24, 2.45) is 11.7 Å². The van der Waals surface area contributed by atoms with E-state index in [4.69, 9.17) is 5.73 Å². The predicted octanol–water partition coefficient (Wildman–Crippen LogP) is -0.00220. The lowest BCUT2D eigenvalue weighted by Crippen LogP contribution is -2.51. The third-order valence-electron chi connectivity index (χ3n) is 4.46. The van der Waals surface area contributed by atoms with Crippen LogP contribution in [0.3, 0.4) is 0 Å². The SMILES string of the molecule is C[C@@H]1CCCN(C(=O)CCN2CCCS2(=O)=O)[C@@H]1CN. The summed E-state index contributed by atoms with van der Waals surface area (Å²) in [5, 5.41) is 0. The highest BCUT2D eigenvalue weighted by Crippen LogP contribution is 2.23. The maximum Gasteiger partial charge on any atom is 0.224 e. The van der Waals surface area contributed by atoms with Gasteiger partial charge in [-0.25, -0.2) is 12.7 Å². The maximum atomic E-state index is 12.3. The van der Waals surface area contributed by atoms with E-state index in [0.29, 0.717) is 32.0 Å². The topological polar surface area (TPSA) is 83.7 Å². The molecule has 20 heavy (non-hydrogen) atoms. The van der Waals surface area contributed by atoms with Crippen LogP contribution in [0.1, 0.15) is 32.6 Å². The molecule has 2 heterocycles. The van der Waals surface area contributed by atoms with E-state index in [9.17, 15) is 13.2 Å². The van der Waals surface area contributed by atoms with Crippen LogP contribution in [0.4, 0.5) is 0 Å². The van der Waals surface area contributed by atoms with Crippen molar-refractivity contribution in [1.29, 1.82) is 0 Å². The van der Waals surface area contributed by atoms with Gasteiger partial charge in [-0.15, -0.1) is 0 Å². The molecule has 2 aliphatic rings. The van der Waals surface area contributed by atoms with Gasteiger partial charge in [0, 0.05) is 38.6 Å². The van der Waals surface area contributed by atoms with Gasteiger partial charge in [-0.1, -0.05) is 6.92 Å². The highest BCUT2D eigenvalue weighted by Gasteiger charge is 2.32. The van der Waals surface area contributed by atoms with E-state index in [1.165, 1.54) is 4.31 Å². The van der Waals surface area contributed by atoms with Gasteiger partial charge in [-0.3, -0.25) is 4.79 Å². The van der Waals surface area contributed by atoms with Gasteiger partial charge in [-0.2, -0.15) is 0 Å². The fourth-order valence-corrected chi connectivity index (χ4v) is 4.75. The molecule has 2 rings (SSSR count). The van der Waals surface area contributed by atoms with Crippen molar-refractivity contribution >= 4 is 15.9 Å². The quantitative estimate of drug-likeness (QED) is 0.792. The molecule has 2 saturated heterocycles. The lowest BCUT2D eigenvalue weighted by molar-refractivity contribution is -0.136. The summed E-state index contributed by atoms with van der Waals surface area (Å²) in [5.41, 5.74) is 5.78. The largest absolute Gasteiger partial charge is 0.338 e. The summed E-state index contributed by atoms with van der Waals surface area (Å²) < 4.78 is 24.8. The molecule has 2 atom stereocenters. The van der Waals surface area contributed by atoms with E-state index in [1.807, 2.05) is 4.90 Å². The van der Waals surface area contributed by atoms with Crippen molar-refractivity contribution < 1.29 is 13.2 Å². The summed E-state index contributed by atoms with van der Waals surface area (Å²) in [6, 6.07) is 0.103. The number of sulfonamides is 1. The van der Waals surface area contributed by atoms with Crippen LogP contribution in [0.15, 0.2) is 0 Å². The molecule has 0 unspecified atom stereocenters. The molecule has 0 bridgehead atoms. The molecule has 0 spiro atoms. The second-order valence-corrected chi connectivity index (χ2v) is 7.92. The summed E-state index contributed by atoms with van der Waals surface area (Å²) in [4.78, 5) is 14.2. The second-order valence-electron chi connectivity index (χ2n) is 5.83. The van der Waals surface area contributed by atoms with Crippen LogP contribution in [0.5, 0.6) is 0 Å². The number of hydrogen-bond donors (Lipinski definition) is 1. The molecule has 0 saturated carbocycles. The number of amides is 1. The third kappa shape index (κ3) is 3.32. The van der Waals surface area contributed by atoms with E-state index in [1.54, 1.807) is 0 Å². The Morgan fingerprint density at radius 2 is 2.05 bits per heavy atom. The Labute approximate surface area is 121 Å². The van der Waals surface area contributed by atoms with E-state index in [-0.39, 0.29) is 24.1 Å². The van der Waals surface area contributed by atoms with Crippen molar-refractivity contribution in [3.05, 3.63) is 0 Å². The van der Waals surface area contributed by atoms with Crippen LogP contribution in [-0.2, 0) is 14.8 Å². The first-order chi connectivity index (χ1) is 9.45. The molecule has 2 aliphatic heterocycles. The first-order valence-electron chi connectivity index (χ1n) is 7.43. The van der Waals surface area contributed by atoms with E-state index < -0.39 is 10.0 Å². The van der Waals surface area contributed by atoms with Gasteiger partial charge >= 0.3 is 0 Å². The Morgan fingerprint density at radius 1 is 1.30 bits per heavy atom. The fourth-order valence-electron chi connectivity index (χ4n) is 3.22. The lowest BCUT2D eigenvalue weighted by Gasteiger charge is -2.39. The van der Waals surface area contributed by atoms with E-state index in [2.05, 4.69) is 6.92 Å². The smallest absolute Gasteiger partial charge is 0.224 e. The van der Waals surface area contributed by atoms with Crippen LogP contribution in [0.2, 0.25) is 0 Å². The number of piperidine rings is 1. The van der Waals surface area contributed by atoms with Gasteiger partial charge in [-0.05, 0) is 25.2 Å². The summed E-state index contributed by atoms with van der Waals surface area (Å²) in [7, 11) is -3.11. The maximum absolute atomic E-state index is 12.3. The van der Waals surface area contributed by atoms with Crippen LogP contribution < -0.4 is 5.73 Å². The van der Waals surface area contributed by atoms with Gasteiger partial charge in [0.25, 0.3) is 0 Å². The number of nitrogens with two attached hydrogens (primary N) is 1. The summed E-state index contributed by atoms with van der Waals surface area (Å²) >= 11 is 0. The summed E-state index contributed by atoms with van der Waals surface area (Å²) in [6.45, 7) is 4.21. The molecular weight excluding hydrogens is 278 g/mol. The predicted molar refractivity (Wildman–Crippen MR) is 77.5 cm³/mol. The van der Waals surface area contributed by atoms with Gasteiger partial charge in [0.15, 0.2) is 0 Å². The molecule has 6 nitrogen and oxygen atoms in total. The highest BCUT2D eigenvalue weighted by molar-refractivity contribution is 7.89. The van der Waals surface area contributed by atoms with Crippen LogP contribution in [0, 0.1) is 5.92 Å². The number of hydrogen-bond acceptors (Lipinski definition) is 4. The number of nitrogens with zero attached hydrogens (tertiary/aromatic N) is 2. The Hall–Kier alpha value is -0.660. The van der Waals surface area contributed by atoms with Crippen molar-refractivity contribution in [3.8, 4) is 0 Å². The molecule has 0 radical (unpaired) electrons. The fraction of sp³-hybridized carbons (Fsp3) is 0.923. The molecule has 0 aromatic carbocycles. The standard InChI is InChI=1S/C13H25N3O3S/c1-11-4-2-7-16(12(11)10-14)13(17)5-8-15-6-3-9-20(15,18)19/h11-12H,2-10,14H2,1H3/t11-,12-/m1/s1. The van der Waals surface area contributed by atoms with Crippen molar-refractivity contribution in [2.45, 2.75) is 38.6 Å². The Morgan fingerprint density at radius 3 is 2.65 bits per heavy atom. The first kappa shape index (κ1) is 15.7. The third-order valence-corrected chi connectivity index (χ3v) is 6.41. The average molecular weight is 303 g/mol. The minimum absolute atomic E-state index is 0.0362. The zero-order chi connectivity index (χ0) is 14.8. The summed E-state index contributed by atoms with van der Waals surface area (Å²) in [6.07, 6.45) is 3.04. The van der Waals surface area contributed by atoms with E-state index in [0.717, 1.165) is 19.4 Å². The number of carbonyl (C=O) groups excluding carboxylic acids is 1. The van der Waals surface area contributed by atoms with Crippen molar-refractivity contribution in [3.63, 3.8) is 0 Å². The Bertz CT molecular complexity index is 452. The highest BCUT2D eigenvalue weighted by atomic mass is 32.2. The Balaban J connectivity index is 1.91. The molecule has 7 heteroatoms. The van der Waals surface area contributed by atoms with E-state index >= 15 is 0 Å². The molecule has 1 amide bonds. The Kier molecular flexibility index (Phi) is 5.04. The minimum atomic E-state index is -3.11. The van der Waals surface area contributed by atoms with Gasteiger partial charge in [0.2, 0.25) is 15.9 Å². The second kappa shape index (κ2) is 6.41. The minimum Gasteiger partial charge on any atom is -0.338 e. The molecule has 2 fully saturated rings. The molecule has 0 aromatic heterocycles. The van der Waals surface area contributed by atoms with Gasteiger partial charge < -0.3 is 10.6 Å². The van der Waals surface area contributed by atoms with Crippen LogP contribution in [-0.4, -0.2) is 61.5 Å². The normalized spacial score (nSPS) is 30.6. The monoisotopic (exact) mass is 303 g/mol. The molecule has 116 valence electrons. The molecule has 0 aliphatic carbocycles.